The Morgan fingerprint density at radius 2 is 1.75 bits per heavy atom. The maximum Gasteiger partial charge on any atom is 0.277 e. The number of carbonyl (C=O) groups is 1. The van der Waals surface area contributed by atoms with E-state index in [2.05, 4.69) is 5.32 Å². The minimum Gasteiger partial charge on any atom is -0.497 e. The molecule has 3 N–H and O–H groups in total. The zero-order valence-corrected chi connectivity index (χ0v) is 11.9. The van der Waals surface area contributed by atoms with E-state index in [0.29, 0.717) is 11.5 Å². The number of benzene rings is 1. The summed E-state index contributed by atoms with van der Waals surface area (Å²) < 4.78 is 35.8. The molecular weight excluding hydrogens is 294 g/mol. The maximum atomic E-state index is 12.9. The first-order chi connectivity index (χ1) is 8.91. The van der Waals surface area contributed by atoms with E-state index in [4.69, 9.17) is 15.2 Å². The summed E-state index contributed by atoms with van der Waals surface area (Å²) in [6.07, 6.45) is 0. The van der Waals surface area contributed by atoms with Crippen LogP contribution in [0.3, 0.4) is 0 Å². The van der Waals surface area contributed by atoms with Gasteiger partial charge in [-0.25, -0.2) is 8.78 Å². The predicted molar refractivity (Wildman–Crippen MR) is 73.1 cm³/mol. The van der Waals surface area contributed by atoms with E-state index in [-0.39, 0.29) is 18.0 Å². The topological polar surface area (TPSA) is 73.6 Å². The Bertz CT molecular complexity index is 436. The van der Waals surface area contributed by atoms with Crippen molar-refractivity contribution in [3.8, 4) is 11.5 Å². The average molecular weight is 311 g/mol. The molecule has 0 aromatic heterocycles. The summed E-state index contributed by atoms with van der Waals surface area (Å²) >= 11 is 0. The van der Waals surface area contributed by atoms with Crippen LogP contribution in [0.15, 0.2) is 18.2 Å². The van der Waals surface area contributed by atoms with Crippen molar-refractivity contribution in [2.24, 2.45) is 5.73 Å². The second-order valence-electron chi connectivity index (χ2n) is 3.84. The lowest BCUT2D eigenvalue weighted by Gasteiger charge is -2.15. The molecule has 0 aliphatic carbocycles. The van der Waals surface area contributed by atoms with E-state index < -0.39 is 24.9 Å². The molecule has 1 aromatic rings. The molecule has 0 saturated carbocycles. The molecule has 0 atom stereocenters. The van der Waals surface area contributed by atoms with Crippen LogP contribution < -0.4 is 20.5 Å². The molecule has 0 heterocycles. The highest BCUT2D eigenvalue weighted by Crippen LogP contribution is 2.22. The van der Waals surface area contributed by atoms with Crippen LogP contribution in [0.1, 0.15) is 10.4 Å². The van der Waals surface area contributed by atoms with Gasteiger partial charge in [-0.15, -0.1) is 12.4 Å². The second-order valence-corrected chi connectivity index (χ2v) is 3.84. The molecule has 0 aliphatic rings. The van der Waals surface area contributed by atoms with Crippen LogP contribution in [-0.2, 0) is 0 Å². The first-order valence-corrected chi connectivity index (χ1v) is 5.51. The molecule has 1 aromatic carbocycles. The molecule has 0 radical (unpaired) electrons. The van der Waals surface area contributed by atoms with Gasteiger partial charge in [0.15, 0.2) is 0 Å². The Kier molecular flexibility index (Phi) is 7.23. The lowest BCUT2D eigenvalue weighted by Crippen LogP contribution is -2.41. The van der Waals surface area contributed by atoms with Crippen LogP contribution in [0.4, 0.5) is 8.78 Å². The van der Waals surface area contributed by atoms with Gasteiger partial charge in [0, 0.05) is 11.6 Å². The Morgan fingerprint density at radius 3 is 2.15 bits per heavy atom. The molecule has 0 bridgehead atoms. The van der Waals surface area contributed by atoms with Crippen LogP contribution in [0.25, 0.3) is 0 Å². The third kappa shape index (κ3) is 5.18. The number of rotatable bonds is 6. The number of alkyl halides is 2. The zero-order valence-electron chi connectivity index (χ0n) is 11.1. The number of nitrogens with two attached hydrogens (primary N) is 1. The van der Waals surface area contributed by atoms with Crippen molar-refractivity contribution in [3.05, 3.63) is 23.8 Å². The van der Waals surface area contributed by atoms with E-state index in [1.54, 1.807) is 6.07 Å². The zero-order chi connectivity index (χ0) is 14.5. The Labute approximate surface area is 121 Å². The number of halogens is 3. The highest BCUT2D eigenvalue weighted by Gasteiger charge is 2.27. The van der Waals surface area contributed by atoms with Crippen molar-refractivity contribution in [3.63, 3.8) is 0 Å². The molecule has 0 saturated heterocycles. The van der Waals surface area contributed by atoms with Crippen LogP contribution in [-0.4, -0.2) is 39.1 Å². The van der Waals surface area contributed by atoms with E-state index in [1.165, 1.54) is 26.4 Å². The van der Waals surface area contributed by atoms with E-state index in [0.717, 1.165) is 0 Å². The van der Waals surface area contributed by atoms with Crippen molar-refractivity contribution in [1.82, 2.24) is 5.32 Å². The van der Waals surface area contributed by atoms with Gasteiger partial charge in [0.1, 0.15) is 11.5 Å². The second kappa shape index (κ2) is 7.86. The van der Waals surface area contributed by atoms with Gasteiger partial charge >= 0.3 is 0 Å². The SMILES string of the molecule is COc1cc(OC)cc(C(=O)NCC(F)(F)CN)c1.Cl. The van der Waals surface area contributed by atoms with E-state index >= 15 is 0 Å². The standard InChI is InChI=1S/C12H16F2N2O3.ClH/c1-18-9-3-8(4-10(5-9)19-2)11(17)16-7-12(13,14)6-15;/h3-5H,6-7,15H2,1-2H3,(H,16,17);1H. The minimum absolute atomic E-state index is 0. The number of nitrogens with one attached hydrogen (secondary N) is 1. The molecule has 5 nitrogen and oxygen atoms in total. The molecule has 0 spiro atoms. The van der Waals surface area contributed by atoms with Crippen LogP contribution in [0.2, 0.25) is 0 Å². The average Bonchev–Trinajstić information content (AvgIpc) is 2.44. The van der Waals surface area contributed by atoms with Crippen molar-refractivity contribution >= 4 is 18.3 Å². The molecule has 0 fully saturated rings. The summed E-state index contributed by atoms with van der Waals surface area (Å²) in [5.74, 6) is -2.98. The van der Waals surface area contributed by atoms with Gasteiger partial charge in [0.2, 0.25) is 0 Å². The van der Waals surface area contributed by atoms with Crippen LogP contribution in [0, 0.1) is 0 Å². The Balaban J connectivity index is 0.00000361. The van der Waals surface area contributed by atoms with Crippen LogP contribution in [0.5, 0.6) is 11.5 Å². The third-order valence-electron chi connectivity index (χ3n) is 2.42. The van der Waals surface area contributed by atoms with Crippen LogP contribution >= 0.6 is 12.4 Å². The van der Waals surface area contributed by atoms with Crippen molar-refractivity contribution in [2.75, 3.05) is 27.3 Å². The summed E-state index contributed by atoms with van der Waals surface area (Å²) in [5.41, 5.74) is 5.05. The fourth-order valence-corrected chi connectivity index (χ4v) is 1.32. The van der Waals surface area contributed by atoms with Gasteiger partial charge in [-0.1, -0.05) is 0 Å². The highest BCUT2D eigenvalue weighted by atomic mass is 35.5. The van der Waals surface area contributed by atoms with Crippen molar-refractivity contribution in [1.29, 1.82) is 0 Å². The van der Waals surface area contributed by atoms with Gasteiger partial charge in [-0.05, 0) is 12.1 Å². The number of hydrogen-bond acceptors (Lipinski definition) is 4. The van der Waals surface area contributed by atoms with Gasteiger partial charge in [-0.2, -0.15) is 0 Å². The molecule has 1 rings (SSSR count). The fourth-order valence-electron chi connectivity index (χ4n) is 1.32. The van der Waals surface area contributed by atoms with Gasteiger partial charge in [-0.3, -0.25) is 4.79 Å². The van der Waals surface area contributed by atoms with E-state index in [9.17, 15) is 13.6 Å². The third-order valence-corrected chi connectivity index (χ3v) is 2.42. The van der Waals surface area contributed by atoms with Crippen molar-refractivity contribution in [2.45, 2.75) is 5.92 Å². The summed E-state index contributed by atoms with van der Waals surface area (Å²) in [6.45, 7) is -1.64. The smallest absolute Gasteiger partial charge is 0.277 e. The van der Waals surface area contributed by atoms with Crippen molar-refractivity contribution < 1.29 is 23.0 Å². The highest BCUT2D eigenvalue weighted by molar-refractivity contribution is 5.95. The summed E-state index contributed by atoms with van der Waals surface area (Å²) in [5, 5.41) is 2.11. The predicted octanol–water partition coefficient (Wildman–Crippen LogP) is 1.45. The summed E-state index contributed by atoms with van der Waals surface area (Å²) in [7, 11) is 2.86. The fraction of sp³-hybridized carbons (Fsp3) is 0.417. The largest absolute Gasteiger partial charge is 0.497 e. The normalized spacial score (nSPS) is 10.4. The molecule has 0 aliphatic heterocycles. The maximum absolute atomic E-state index is 12.9. The molecule has 20 heavy (non-hydrogen) atoms. The Morgan fingerprint density at radius 1 is 1.25 bits per heavy atom. The first-order valence-electron chi connectivity index (χ1n) is 5.51. The number of hydrogen-bond donors (Lipinski definition) is 2. The minimum atomic E-state index is -3.13. The molecular formula is C12H17ClF2N2O3. The first kappa shape index (κ1) is 18.4. The lowest BCUT2D eigenvalue weighted by atomic mass is 10.2. The summed E-state index contributed by atoms with van der Waals surface area (Å²) in [4.78, 5) is 11.7. The number of methoxy groups -OCH3 is 2. The molecule has 0 unspecified atom stereocenters. The molecule has 114 valence electrons. The lowest BCUT2D eigenvalue weighted by molar-refractivity contribution is 0.0118. The number of carbonyl (C=O) groups excluding carboxylic acids is 1. The van der Waals surface area contributed by atoms with Gasteiger partial charge in [0.25, 0.3) is 11.8 Å². The number of ether oxygens (including phenoxy) is 2. The molecule has 8 heteroatoms. The number of amides is 1. The monoisotopic (exact) mass is 310 g/mol. The quantitative estimate of drug-likeness (QED) is 0.834. The molecule has 1 amide bonds. The van der Waals surface area contributed by atoms with Gasteiger partial charge in [0.05, 0.1) is 27.3 Å². The van der Waals surface area contributed by atoms with Gasteiger partial charge < -0.3 is 20.5 Å². The van der Waals surface area contributed by atoms with E-state index in [1.807, 2.05) is 0 Å². The Hall–Kier alpha value is -1.60. The summed E-state index contributed by atoms with van der Waals surface area (Å²) in [6, 6.07) is 4.43.